The van der Waals surface area contributed by atoms with Gasteiger partial charge in [-0.15, -0.1) is 6.58 Å². The molecule has 0 aliphatic rings. The van der Waals surface area contributed by atoms with Gasteiger partial charge in [0.15, 0.2) is 5.90 Å². The topological polar surface area (TPSA) is 33.1 Å². The van der Waals surface area contributed by atoms with Crippen LogP contribution in [-0.2, 0) is 11.2 Å². The average molecular weight is 217 g/mol. The first-order valence-electron chi connectivity index (χ1n) is 5.48. The van der Waals surface area contributed by atoms with Gasteiger partial charge in [0.1, 0.15) is 0 Å². The van der Waals surface area contributed by atoms with Crippen LogP contribution in [0.1, 0.15) is 24.5 Å². The van der Waals surface area contributed by atoms with E-state index in [1.54, 1.807) is 0 Å². The third-order valence-electron chi connectivity index (χ3n) is 2.42. The van der Waals surface area contributed by atoms with Crippen LogP contribution in [0.4, 0.5) is 0 Å². The van der Waals surface area contributed by atoms with Crippen LogP contribution >= 0.6 is 0 Å². The first-order chi connectivity index (χ1) is 7.59. The van der Waals surface area contributed by atoms with Gasteiger partial charge in [0.2, 0.25) is 0 Å². The molecule has 0 fully saturated rings. The second-order valence-corrected chi connectivity index (χ2v) is 4.08. The highest BCUT2D eigenvalue weighted by molar-refractivity contribution is 5.75. The van der Waals surface area contributed by atoms with E-state index < -0.39 is 0 Å². The number of ether oxygens (including phenoxy) is 1. The fraction of sp³-hybridized carbons (Fsp3) is 0.357. The fourth-order valence-corrected chi connectivity index (χ4v) is 1.38. The van der Waals surface area contributed by atoms with E-state index in [2.05, 4.69) is 19.6 Å². The lowest BCUT2D eigenvalue weighted by Gasteiger charge is -2.09. The zero-order chi connectivity index (χ0) is 12.0. The molecule has 0 heterocycles. The maximum absolute atomic E-state index is 7.72. The quantitative estimate of drug-likeness (QED) is 0.457. The van der Waals surface area contributed by atoms with E-state index in [4.69, 9.17) is 10.1 Å². The molecule has 1 aromatic carbocycles. The van der Waals surface area contributed by atoms with Gasteiger partial charge in [0, 0.05) is 12.8 Å². The Morgan fingerprint density at radius 2 is 2.06 bits per heavy atom. The number of rotatable bonds is 5. The predicted octanol–water partition coefficient (Wildman–Crippen LogP) is 3.50. The highest BCUT2D eigenvalue weighted by Crippen LogP contribution is 2.08. The molecule has 0 radical (unpaired) electrons. The lowest BCUT2D eigenvalue weighted by molar-refractivity contribution is 0.299. The Morgan fingerprint density at radius 3 is 2.69 bits per heavy atom. The summed E-state index contributed by atoms with van der Waals surface area (Å²) in [6, 6.07) is 8.08. The van der Waals surface area contributed by atoms with Crippen molar-refractivity contribution in [2.45, 2.75) is 26.7 Å². The summed E-state index contributed by atoms with van der Waals surface area (Å²) < 4.78 is 5.33. The number of hydrogen-bond acceptors (Lipinski definition) is 2. The Balaban J connectivity index is 2.40. The molecule has 1 rings (SSSR count). The van der Waals surface area contributed by atoms with Crippen molar-refractivity contribution >= 4 is 5.90 Å². The molecule has 0 bridgehead atoms. The number of benzene rings is 1. The minimum Gasteiger partial charge on any atom is -0.481 e. The molecule has 1 aromatic rings. The van der Waals surface area contributed by atoms with E-state index in [1.807, 2.05) is 25.1 Å². The Bertz CT molecular complexity index is 382. The third-order valence-corrected chi connectivity index (χ3v) is 2.42. The van der Waals surface area contributed by atoms with Crippen molar-refractivity contribution in [3.05, 3.63) is 47.5 Å². The number of aryl methyl sites for hydroxylation is 1. The Labute approximate surface area is 97.5 Å². The summed E-state index contributed by atoms with van der Waals surface area (Å²) in [6.45, 7) is 8.37. The Kier molecular flexibility index (Phi) is 4.77. The maximum Gasteiger partial charge on any atom is 0.184 e. The fourth-order valence-electron chi connectivity index (χ4n) is 1.38. The molecule has 0 aliphatic heterocycles. The van der Waals surface area contributed by atoms with E-state index in [0.29, 0.717) is 18.9 Å². The van der Waals surface area contributed by atoms with Gasteiger partial charge in [-0.2, -0.15) is 0 Å². The van der Waals surface area contributed by atoms with Crippen LogP contribution in [-0.4, -0.2) is 12.5 Å². The second kappa shape index (κ2) is 6.11. The predicted molar refractivity (Wildman–Crippen MR) is 68.0 cm³/mol. The minimum absolute atomic E-state index is 0.329. The van der Waals surface area contributed by atoms with Crippen molar-refractivity contribution < 1.29 is 4.74 Å². The molecule has 0 aliphatic carbocycles. The lowest BCUT2D eigenvalue weighted by atomic mass is 10.1. The summed E-state index contributed by atoms with van der Waals surface area (Å²) in [5, 5.41) is 7.72. The first-order valence-corrected chi connectivity index (χ1v) is 5.48. The van der Waals surface area contributed by atoms with Crippen molar-refractivity contribution in [3.63, 3.8) is 0 Å². The van der Waals surface area contributed by atoms with Crippen molar-refractivity contribution in [3.8, 4) is 0 Å². The Hall–Kier alpha value is -1.57. The molecule has 2 heteroatoms. The smallest absolute Gasteiger partial charge is 0.184 e. The van der Waals surface area contributed by atoms with Gasteiger partial charge in [0.25, 0.3) is 0 Å². The van der Waals surface area contributed by atoms with Gasteiger partial charge < -0.3 is 4.74 Å². The van der Waals surface area contributed by atoms with Crippen LogP contribution < -0.4 is 0 Å². The summed E-state index contributed by atoms with van der Waals surface area (Å²) in [5.41, 5.74) is 3.45. The zero-order valence-corrected chi connectivity index (χ0v) is 10.0. The molecule has 2 nitrogen and oxygen atoms in total. The van der Waals surface area contributed by atoms with E-state index in [1.165, 1.54) is 5.56 Å². The van der Waals surface area contributed by atoms with Crippen molar-refractivity contribution in [2.75, 3.05) is 6.61 Å². The standard InChI is InChI=1S/C14H19NO/c1-11(2)8-9-16-14(15)10-13-7-5-4-6-12(13)3/h4-7,15H,1,8-10H2,2-3H3. The van der Waals surface area contributed by atoms with Crippen molar-refractivity contribution in [2.24, 2.45) is 0 Å². The molecule has 86 valence electrons. The molecule has 0 saturated carbocycles. The molecule has 16 heavy (non-hydrogen) atoms. The van der Waals surface area contributed by atoms with Gasteiger partial charge in [0.05, 0.1) is 6.61 Å². The summed E-state index contributed by atoms with van der Waals surface area (Å²) in [4.78, 5) is 0. The molecule has 0 unspecified atom stereocenters. The minimum atomic E-state index is 0.329. The summed E-state index contributed by atoms with van der Waals surface area (Å²) >= 11 is 0. The van der Waals surface area contributed by atoms with E-state index in [0.717, 1.165) is 17.6 Å². The molecule has 1 N–H and O–H groups in total. The first kappa shape index (κ1) is 12.5. The van der Waals surface area contributed by atoms with Crippen LogP contribution in [0, 0.1) is 12.3 Å². The van der Waals surface area contributed by atoms with Gasteiger partial charge in [-0.3, -0.25) is 5.41 Å². The monoisotopic (exact) mass is 217 g/mol. The van der Waals surface area contributed by atoms with E-state index in [-0.39, 0.29) is 0 Å². The van der Waals surface area contributed by atoms with Gasteiger partial charge in [-0.1, -0.05) is 29.8 Å². The third kappa shape index (κ3) is 4.30. The van der Waals surface area contributed by atoms with Crippen molar-refractivity contribution in [1.29, 1.82) is 5.41 Å². The molecule has 0 amide bonds. The number of nitrogens with one attached hydrogen (secondary N) is 1. The molecular formula is C14H19NO. The van der Waals surface area contributed by atoms with Crippen LogP contribution in [0.2, 0.25) is 0 Å². The largest absolute Gasteiger partial charge is 0.481 e. The van der Waals surface area contributed by atoms with Crippen LogP contribution in [0.15, 0.2) is 36.4 Å². The van der Waals surface area contributed by atoms with Gasteiger partial charge >= 0.3 is 0 Å². The molecule has 0 aromatic heterocycles. The summed E-state index contributed by atoms with van der Waals surface area (Å²) in [5.74, 6) is 0.329. The average Bonchev–Trinajstić information content (AvgIpc) is 2.21. The molecule has 0 spiro atoms. The normalized spacial score (nSPS) is 9.88. The maximum atomic E-state index is 7.72. The zero-order valence-electron chi connectivity index (χ0n) is 10.0. The second-order valence-electron chi connectivity index (χ2n) is 4.08. The van der Waals surface area contributed by atoms with Crippen LogP contribution in [0.3, 0.4) is 0 Å². The molecular weight excluding hydrogens is 198 g/mol. The van der Waals surface area contributed by atoms with E-state index >= 15 is 0 Å². The van der Waals surface area contributed by atoms with Gasteiger partial charge in [-0.05, 0) is 25.0 Å². The summed E-state index contributed by atoms with van der Waals surface area (Å²) in [6.07, 6.45) is 1.39. The van der Waals surface area contributed by atoms with Crippen LogP contribution in [0.25, 0.3) is 0 Å². The van der Waals surface area contributed by atoms with E-state index in [9.17, 15) is 0 Å². The van der Waals surface area contributed by atoms with Crippen LogP contribution in [0.5, 0.6) is 0 Å². The highest BCUT2D eigenvalue weighted by atomic mass is 16.5. The lowest BCUT2D eigenvalue weighted by Crippen LogP contribution is -2.09. The summed E-state index contributed by atoms with van der Waals surface area (Å²) in [7, 11) is 0. The molecule has 0 atom stereocenters. The van der Waals surface area contributed by atoms with Gasteiger partial charge in [-0.25, -0.2) is 0 Å². The molecule has 0 saturated heterocycles. The van der Waals surface area contributed by atoms with Crippen molar-refractivity contribution in [1.82, 2.24) is 0 Å². The SMILES string of the molecule is C=C(C)CCOC(=N)Cc1ccccc1C. The Morgan fingerprint density at radius 1 is 1.38 bits per heavy atom. The highest BCUT2D eigenvalue weighted by Gasteiger charge is 2.02. The number of hydrogen-bond donors (Lipinski definition) is 1.